The van der Waals surface area contributed by atoms with Gasteiger partial charge in [0.05, 0.1) is 0 Å². The van der Waals surface area contributed by atoms with Crippen molar-refractivity contribution in [2.45, 2.75) is 39.2 Å². The Morgan fingerprint density at radius 1 is 1.39 bits per heavy atom. The van der Waals surface area contributed by atoms with Gasteiger partial charge in [-0.25, -0.2) is 0 Å². The zero-order chi connectivity index (χ0) is 13.1. The average Bonchev–Trinajstić information content (AvgIpc) is 2.38. The molecule has 0 bridgehead atoms. The van der Waals surface area contributed by atoms with E-state index in [0.29, 0.717) is 0 Å². The van der Waals surface area contributed by atoms with Crippen LogP contribution in [0, 0.1) is 5.92 Å². The van der Waals surface area contributed by atoms with Crippen LogP contribution in [0.2, 0.25) is 5.02 Å². The third kappa shape index (κ3) is 2.99. The Morgan fingerprint density at radius 3 is 2.56 bits per heavy atom. The summed E-state index contributed by atoms with van der Waals surface area (Å²) in [5, 5.41) is 0.792. The first kappa shape index (κ1) is 13.7. The Labute approximate surface area is 115 Å². The molecule has 2 rings (SSSR count). The molecule has 0 radical (unpaired) electrons. The lowest BCUT2D eigenvalue weighted by molar-refractivity contribution is 0.395. The molecule has 1 unspecified atom stereocenters. The quantitative estimate of drug-likeness (QED) is 0.896. The Kier molecular flexibility index (Phi) is 4.52. The standard InChI is InChI=1S/C15H23ClN2/c1-3-12-6-8-18(9-7-12)13-4-5-14(11(2)17)15(16)10-13/h4-5,10-12H,3,6-9,17H2,1-2H3. The lowest BCUT2D eigenvalue weighted by atomic mass is 9.94. The van der Waals surface area contributed by atoms with Crippen molar-refractivity contribution in [1.29, 1.82) is 0 Å². The summed E-state index contributed by atoms with van der Waals surface area (Å²) in [6.07, 6.45) is 3.89. The van der Waals surface area contributed by atoms with Crippen molar-refractivity contribution < 1.29 is 0 Å². The van der Waals surface area contributed by atoms with E-state index in [1.807, 2.05) is 6.92 Å². The van der Waals surface area contributed by atoms with Crippen LogP contribution in [0.25, 0.3) is 0 Å². The number of hydrogen-bond acceptors (Lipinski definition) is 2. The zero-order valence-corrected chi connectivity index (χ0v) is 12.1. The summed E-state index contributed by atoms with van der Waals surface area (Å²) in [4.78, 5) is 2.43. The summed E-state index contributed by atoms with van der Waals surface area (Å²) in [7, 11) is 0. The fourth-order valence-corrected chi connectivity index (χ4v) is 3.03. The largest absolute Gasteiger partial charge is 0.371 e. The van der Waals surface area contributed by atoms with E-state index in [0.717, 1.165) is 29.6 Å². The van der Waals surface area contributed by atoms with Crippen molar-refractivity contribution in [3.8, 4) is 0 Å². The molecule has 2 N–H and O–H groups in total. The highest BCUT2D eigenvalue weighted by atomic mass is 35.5. The fraction of sp³-hybridized carbons (Fsp3) is 0.600. The lowest BCUT2D eigenvalue weighted by Gasteiger charge is -2.33. The van der Waals surface area contributed by atoms with Crippen molar-refractivity contribution >= 4 is 17.3 Å². The Hall–Kier alpha value is -0.730. The van der Waals surface area contributed by atoms with Crippen LogP contribution >= 0.6 is 11.6 Å². The van der Waals surface area contributed by atoms with Gasteiger partial charge in [0, 0.05) is 29.8 Å². The molecule has 0 saturated carbocycles. The number of hydrogen-bond donors (Lipinski definition) is 1. The number of piperidine rings is 1. The van der Waals surface area contributed by atoms with Crippen LogP contribution in [0.4, 0.5) is 5.69 Å². The third-order valence-corrected chi connectivity index (χ3v) is 4.36. The molecule has 0 amide bonds. The number of anilines is 1. The maximum absolute atomic E-state index is 6.29. The summed E-state index contributed by atoms with van der Waals surface area (Å²) in [6, 6.07) is 6.27. The third-order valence-electron chi connectivity index (χ3n) is 4.03. The summed E-state index contributed by atoms with van der Waals surface area (Å²) in [5.74, 6) is 0.903. The molecule has 1 aliphatic heterocycles. The Bertz CT molecular complexity index is 395. The van der Waals surface area contributed by atoms with E-state index >= 15 is 0 Å². The van der Waals surface area contributed by atoms with Crippen molar-refractivity contribution in [3.05, 3.63) is 28.8 Å². The maximum Gasteiger partial charge on any atom is 0.0474 e. The van der Waals surface area contributed by atoms with Gasteiger partial charge in [-0.1, -0.05) is 31.0 Å². The molecule has 3 heteroatoms. The van der Waals surface area contributed by atoms with Crippen LogP contribution in [0.5, 0.6) is 0 Å². The number of benzene rings is 1. The molecule has 0 aromatic heterocycles. The average molecular weight is 267 g/mol. The van der Waals surface area contributed by atoms with Crippen LogP contribution in [-0.2, 0) is 0 Å². The molecule has 2 nitrogen and oxygen atoms in total. The highest BCUT2D eigenvalue weighted by Gasteiger charge is 2.18. The first-order valence-electron chi connectivity index (χ1n) is 6.91. The molecular weight excluding hydrogens is 244 g/mol. The van der Waals surface area contributed by atoms with E-state index in [1.54, 1.807) is 0 Å². The normalized spacial score (nSPS) is 19.0. The van der Waals surface area contributed by atoms with Gasteiger partial charge in [0.1, 0.15) is 0 Å². The smallest absolute Gasteiger partial charge is 0.0474 e. The minimum absolute atomic E-state index is 0.00243. The molecule has 1 saturated heterocycles. The Balaban J connectivity index is 2.08. The topological polar surface area (TPSA) is 29.3 Å². The molecule has 0 aliphatic carbocycles. The second-order valence-corrected chi connectivity index (χ2v) is 5.74. The monoisotopic (exact) mass is 266 g/mol. The van der Waals surface area contributed by atoms with Gasteiger partial charge in [0.15, 0.2) is 0 Å². The van der Waals surface area contributed by atoms with E-state index in [1.165, 1.54) is 24.9 Å². The lowest BCUT2D eigenvalue weighted by Crippen LogP contribution is -2.33. The molecular formula is C15H23ClN2. The maximum atomic E-state index is 6.29. The van der Waals surface area contributed by atoms with Crippen LogP contribution in [0.1, 0.15) is 44.7 Å². The first-order valence-corrected chi connectivity index (χ1v) is 7.29. The Morgan fingerprint density at radius 2 is 2.06 bits per heavy atom. The SMILES string of the molecule is CCC1CCN(c2ccc(C(C)N)c(Cl)c2)CC1. The minimum atomic E-state index is -0.00243. The molecule has 1 fully saturated rings. The van der Waals surface area contributed by atoms with Crippen LogP contribution < -0.4 is 10.6 Å². The predicted octanol–water partition coefficient (Wildman–Crippen LogP) is 3.99. The molecule has 1 aromatic rings. The number of nitrogens with two attached hydrogens (primary N) is 1. The summed E-state index contributed by atoms with van der Waals surface area (Å²) < 4.78 is 0. The van der Waals surface area contributed by atoms with E-state index in [2.05, 4.69) is 30.0 Å². The molecule has 18 heavy (non-hydrogen) atoms. The van der Waals surface area contributed by atoms with E-state index < -0.39 is 0 Å². The second kappa shape index (κ2) is 5.94. The predicted molar refractivity (Wildman–Crippen MR) is 79.3 cm³/mol. The van der Waals surface area contributed by atoms with Gasteiger partial charge < -0.3 is 10.6 Å². The highest BCUT2D eigenvalue weighted by Crippen LogP contribution is 2.30. The number of halogens is 1. The van der Waals surface area contributed by atoms with Crippen LogP contribution in [0.15, 0.2) is 18.2 Å². The summed E-state index contributed by atoms with van der Waals surface area (Å²) >= 11 is 6.29. The minimum Gasteiger partial charge on any atom is -0.371 e. The number of rotatable bonds is 3. The van der Waals surface area contributed by atoms with E-state index in [4.69, 9.17) is 17.3 Å². The van der Waals surface area contributed by atoms with Gasteiger partial charge in [-0.15, -0.1) is 0 Å². The molecule has 1 heterocycles. The van der Waals surface area contributed by atoms with Gasteiger partial charge in [0.25, 0.3) is 0 Å². The van der Waals surface area contributed by atoms with Crippen molar-refractivity contribution in [2.75, 3.05) is 18.0 Å². The zero-order valence-electron chi connectivity index (χ0n) is 11.3. The molecule has 1 atom stereocenters. The van der Waals surface area contributed by atoms with Crippen molar-refractivity contribution in [3.63, 3.8) is 0 Å². The van der Waals surface area contributed by atoms with Crippen LogP contribution in [-0.4, -0.2) is 13.1 Å². The van der Waals surface area contributed by atoms with Gasteiger partial charge in [-0.05, 0) is 43.4 Å². The summed E-state index contributed by atoms with van der Waals surface area (Å²) in [5.41, 5.74) is 8.15. The van der Waals surface area contributed by atoms with E-state index in [-0.39, 0.29) is 6.04 Å². The van der Waals surface area contributed by atoms with Gasteiger partial charge in [-0.3, -0.25) is 0 Å². The molecule has 1 aliphatic rings. The highest BCUT2D eigenvalue weighted by molar-refractivity contribution is 6.31. The van der Waals surface area contributed by atoms with Crippen molar-refractivity contribution in [1.82, 2.24) is 0 Å². The molecule has 1 aromatic carbocycles. The summed E-state index contributed by atoms with van der Waals surface area (Å²) in [6.45, 7) is 6.54. The first-order chi connectivity index (χ1) is 8.61. The van der Waals surface area contributed by atoms with Gasteiger partial charge in [-0.2, -0.15) is 0 Å². The van der Waals surface area contributed by atoms with Crippen molar-refractivity contribution in [2.24, 2.45) is 11.7 Å². The van der Waals surface area contributed by atoms with Gasteiger partial charge >= 0.3 is 0 Å². The van der Waals surface area contributed by atoms with Gasteiger partial charge in [0.2, 0.25) is 0 Å². The fourth-order valence-electron chi connectivity index (χ4n) is 2.68. The second-order valence-electron chi connectivity index (χ2n) is 5.33. The molecule has 0 spiro atoms. The van der Waals surface area contributed by atoms with Crippen LogP contribution in [0.3, 0.4) is 0 Å². The number of nitrogens with zero attached hydrogens (tertiary/aromatic N) is 1. The van der Waals surface area contributed by atoms with E-state index in [9.17, 15) is 0 Å². The molecule has 100 valence electrons.